The molecule has 0 aromatic heterocycles. The van der Waals surface area contributed by atoms with Gasteiger partial charge in [0.15, 0.2) is 0 Å². The Kier molecular flexibility index (Phi) is 7.22. The van der Waals surface area contributed by atoms with E-state index < -0.39 is 35.8 Å². The van der Waals surface area contributed by atoms with E-state index in [-0.39, 0.29) is 42.7 Å². The van der Waals surface area contributed by atoms with Crippen molar-refractivity contribution in [2.24, 2.45) is 11.8 Å². The van der Waals surface area contributed by atoms with Crippen LogP contribution in [0, 0.1) is 11.8 Å². The Hall–Kier alpha value is -2.49. The van der Waals surface area contributed by atoms with Crippen LogP contribution in [0.4, 0.5) is 32.0 Å². The van der Waals surface area contributed by atoms with Crippen LogP contribution in [-0.4, -0.2) is 41.3 Å². The maximum absolute atomic E-state index is 14.1. The van der Waals surface area contributed by atoms with Gasteiger partial charge in [-0.25, -0.2) is 0 Å². The molecular formula is C25H28F6N2O2. The highest BCUT2D eigenvalue weighted by Gasteiger charge is 2.42. The molecular weight excluding hydrogens is 474 g/mol. The summed E-state index contributed by atoms with van der Waals surface area (Å²) in [6.07, 6.45) is -7.68. The second-order valence-corrected chi connectivity index (χ2v) is 9.66. The number of aliphatic carboxylic acids is 1. The third-order valence-electron chi connectivity index (χ3n) is 7.26. The van der Waals surface area contributed by atoms with Crippen LogP contribution in [0.5, 0.6) is 0 Å². The van der Waals surface area contributed by atoms with Crippen molar-refractivity contribution in [2.45, 2.75) is 63.5 Å². The Bertz CT molecular complexity index is 1050. The molecule has 2 fully saturated rings. The number of nitrogens with one attached hydrogen (secondary N) is 1. The van der Waals surface area contributed by atoms with Gasteiger partial charge in [-0.3, -0.25) is 9.69 Å². The van der Waals surface area contributed by atoms with E-state index in [1.807, 2.05) is 0 Å². The van der Waals surface area contributed by atoms with Gasteiger partial charge in [0.05, 0.1) is 17.4 Å². The number of alkyl halides is 6. The van der Waals surface area contributed by atoms with Crippen LogP contribution in [-0.2, 0) is 17.5 Å². The first-order chi connectivity index (χ1) is 16.4. The Morgan fingerprint density at radius 1 is 0.943 bits per heavy atom. The number of rotatable bonds is 5. The number of carboxylic acid groups (broad SMARTS) is 1. The summed E-state index contributed by atoms with van der Waals surface area (Å²) in [5, 5.41) is 12.5. The van der Waals surface area contributed by atoms with E-state index >= 15 is 0 Å². The lowest BCUT2D eigenvalue weighted by Crippen LogP contribution is -2.35. The van der Waals surface area contributed by atoms with Gasteiger partial charge in [-0.1, -0.05) is 18.2 Å². The van der Waals surface area contributed by atoms with Crippen LogP contribution in [0.15, 0.2) is 30.3 Å². The van der Waals surface area contributed by atoms with Crippen molar-refractivity contribution in [3.8, 4) is 0 Å². The molecule has 2 aromatic carbocycles. The van der Waals surface area contributed by atoms with Crippen molar-refractivity contribution in [1.29, 1.82) is 0 Å². The summed E-state index contributed by atoms with van der Waals surface area (Å²) in [5.74, 6) is -2.55. The monoisotopic (exact) mass is 502 g/mol. The highest BCUT2D eigenvalue weighted by atomic mass is 19.4. The molecule has 1 saturated carbocycles. The van der Waals surface area contributed by atoms with E-state index in [9.17, 15) is 31.1 Å². The lowest BCUT2D eigenvalue weighted by molar-refractivity contribution is -0.182. The van der Waals surface area contributed by atoms with E-state index in [1.165, 1.54) is 12.1 Å². The molecule has 2 aliphatic rings. The molecule has 1 saturated heterocycles. The van der Waals surface area contributed by atoms with Crippen molar-refractivity contribution in [3.63, 3.8) is 0 Å². The molecule has 1 aliphatic carbocycles. The zero-order chi connectivity index (χ0) is 25.4. The van der Waals surface area contributed by atoms with E-state index in [0.29, 0.717) is 37.9 Å². The minimum absolute atomic E-state index is 0.0415. The zero-order valence-electron chi connectivity index (χ0n) is 19.1. The van der Waals surface area contributed by atoms with E-state index in [1.54, 1.807) is 18.2 Å². The molecule has 1 heterocycles. The Morgan fingerprint density at radius 3 is 2.17 bits per heavy atom. The molecule has 0 radical (unpaired) electrons. The number of carbonyl (C=O) groups is 1. The van der Waals surface area contributed by atoms with Gasteiger partial charge < -0.3 is 10.4 Å². The van der Waals surface area contributed by atoms with Gasteiger partial charge in [-0.2, -0.15) is 26.3 Å². The molecule has 0 atom stereocenters. The smallest absolute Gasteiger partial charge is 0.418 e. The average Bonchev–Trinajstić information content (AvgIpc) is 2.78. The SMILES string of the molecule is O=C(O)C1CCN(Cc2ccc3c(C(F)(F)F)c(N[C@H]4CC[C@@H](C(F)(F)F)CC4)ccc3c2)CC1. The standard InChI is InChI=1S/C25H28F6N2O2/c26-24(27,28)18-3-5-19(6-4-18)32-21-8-2-17-13-15(1-7-20(17)22(21)25(29,30)31)14-33-11-9-16(10-12-33)23(34)35/h1-2,7-8,13,16,18-19,32H,3-6,9-12,14H2,(H,34,35)/t18-,19+. The summed E-state index contributed by atoms with van der Waals surface area (Å²) < 4.78 is 81.0. The van der Waals surface area contributed by atoms with Crippen molar-refractivity contribution >= 4 is 22.4 Å². The number of benzene rings is 2. The number of anilines is 1. The Morgan fingerprint density at radius 2 is 1.60 bits per heavy atom. The molecule has 2 N–H and O–H groups in total. The molecule has 0 spiro atoms. The van der Waals surface area contributed by atoms with Crippen molar-refractivity contribution in [1.82, 2.24) is 4.90 Å². The number of likely N-dealkylation sites (tertiary alicyclic amines) is 1. The van der Waals surface area contributed by atoms with E-state index in [0.717, 1.165) is 5.56 Å². The van der Waals surface area contributed by atoms with Crippen molar-refractivity contribution in [3.05, 3.63) is 41.5 Å². The van der Waals surface area contributed by atoms with Crippen LogP contribution in [0.2, 0.25) is 0 Å². The largest absolute Gasteiger partial charge is 0.481 e. The van der Waals surface area contributed by atoms with Gasteiger partial charge in [0.25, 0.3) is 0 Å². The maximum atomic E-state index is 14.1. The quantitative estimate of drug-likeness (QED) is 0.448. The second-order valence-electron chi connectivity index (χ2n) is 9.66. The molecule has 35 heavy (non-hydrogen) atoms. The van der Waals surface area contributed by atoms with Gasteiger partial charge in [-0.15, -0.1) is 0 Å². The summed E-state index contributed by atoms with van der Waals surface area (Å²) in [6, 6.07) is 7.34. The molecule has 0 unspecified atom stereocenters. The third-order valence-corrected chi connectivity index (χ3v) is 7.26. The van der Waals surface area contributed by atoms with Crippen molar-refractivity contribution in [2.75, 3.05) is 18.4 Å². The average molecular weight is 502 g/mol. The summed E-state index contributed by atoms with van der Waals surface area (Å²) >= 11 is 0. The first-order valence-electron chi connectivity index (χ1n) is 11.8. The number of carboxylic acids is 1. The first kappa shape index (κ1) is 25.6. The third kappa shape index (κ3) is 6.02. The lowest BCUT2D eigenvalue weighted by atomic mass is 9.85. The first-order valence-corrected chi connectivity index (χ1v) is 11.8. The lowest BCUT2D eigenvalue weighted by Gasteiger charge is -2.32. The number of fused-ring (bicyclic) bond motifs is 1. The van der Waals surface area contributed by atoms with Gasteiger partial charge in [0.1, 0.15) is 0 Å². The Balaban J connectivity index is 1.51. The normalized spacial score (nSPS) is 22.9. The minimum atomic E-state index is -4.63. The van der Waals surface area contributed by atoms with E-state index in [4.69, 9.17) is 5.11 Å². The fourth-order valence-corrected chi connectivity index (χ4v) is 5.28. The summed E-state index contributed by atoms with van der Waals surface area (Å²) in [4.78, 5) is 13.2. The number of nitrogens with zero attached hydrogens (tertiary/aromatic N) is 1. The predicted octanol–water partition coefficient (Wildman–Crippen LogP) is 6.69. The fraction of sp³-hybridized carbons (Fsp3) is 0.560. The molecule has 10 heteroatoms. The van der Waals surface area contributed by atoms with Crippen LogP contribution in [0.1, 0.15) is 49.7 Å². The highest BCUT2D eigenvalue weighted by Crippen LogP contribution is 2.43. The molecule has 0 amide bonds. The van der Waals surface area contributed by atoms with Gasteiger partial charge in [0.2, 0.25) is 0 Å². The van der Waals surface area contributed by atoms with Gasteiger partial charge >= 0.3 is 18.3 Å². The number of piperidine rings is 1. The zero-order valence-corrected chi connectivity index (χ0v) is 19.1. The second kappa shape index (κ2) is 9.87. The number of hydrogen-bond acceptors (Lipinski definition) is 3. The number of halogens is 6. The predicted molar refractivity (Wildman–Crippen MR) is 120 cm³/mol. The molecule has 2 aromatic rings. The van der Waals surface area contributed by atoms with E-state index in [2.05, 4.69) is 10.2 Å². The maximum Gasteiger partial charge on any atom is 0.418 e. The van der Waals surface area contributed by atoms with Gasteiger partial charge in [0, 0.05) is 18.3 Å². The summed E-state index contributed by atoms with van der Waals surface area (Å²) in [6.45, 7) is 1.75. The fourth-order valence-electron chi connectivity index (χ4n) is 5.28. The molecule has 4 rings (SSSR count). The topological polar surface area (TPSA) is 52.6 Å². The molecule has 1 aliphatic heterocycles. The molecule has 192 valence electrons. The van der Waals surface area contributed by atoms with Crippen LogP contribution >= 0.6 is 0 Å². The van der Waals surface area contributed by atoms with Crippen LogP contribution < -0.4 is 5.32 Å². The number of hydrogen-bond donors (Lipinski definition) is 2. The highest BCUT2D eigenvalue weighted by molar-refractivity contribution is 5.91. The summed E-state index contributed by atoms with van der Waals surface area (Å²) in [7, 11) is 0. The van der Waals surface area contributed by atoms with Crippen LogP contribution in [0.25, 0.3) is 10.8 Å². The van der Waals surface area contributed by atoms with Crippen LogP contribution in [0.3, 0.4) is 0 Å². The minimum Gasteiger partial charge on any atom is -0.481 e. The summed E-state index contributed by atoms with van der Waals surface area (Å²) in [5.41, 5.74) is -0.0729. The van der Waals surface area contributed by atoms with Crippen molar-refractivity contribution < 1.29 is 36.2 Å². The Labute approximate surface area is 199 Å². The molecule has 4 nitrogen and oxygen atoms in total. The molecule has 0 bridgehead atoms. The van der Waals surface area contributed by atoms with Gasteiger partial charge in [-0.05, 0) is 80.1 Å².